The van der Waals surface area contributed by atoms with Gasteiger partial charge in [0.1, 0.15) is 34.4 Å². The van der Waals surface area contributed by atoms with E-state index < -0.39 is 0 Å². The first-order valence-electron chi connectivity index (χ1n) is 11.3. The molecule has 36 heavy (non-hydrogen) atoms. The Morgan fingerprint density at radius 1 is 1.03 bits per heavy atom. The highest BCUT2D eigenvalue weighted by Crippen LogP contribution is 2.34. The van der Waals surface area contributed by atoms with E-state index in [1.54, 1.807) is 60.7 Å². The van der Waals surface area contributed by atoms with Crippen molar-refractivity contribution in [1.82, 2.24) is 19.3 Å². The fourth-order valence-electron chi connectivity index (χ4n) is 4.42. The number of halogens is 1. The number of fused-ring (bicyclic) bond motifs is 1. The van der Waals surface area contributed by atoms with Crippen LogP contribution < -0.4 is 15.0 Å². The average molecular weight is 489 g/mol. The summed E-state index contributed by atoms with van der Waals surface area (Å²) < 4.78 is 34.0. The van der Waals surface area contributed by atoms with E-state index in [1.807, 2.05) is 19.9 Å². The number of rotatable bonds is 6. The van der Waals surface area contributed by atoms with Gasteiger partial charge in [-0.2, -0.15) is 5.10 Å². The summed E-state index contributed by atoms with van der Waals surface area (Å²) in [6.45, 7) is 5.68. The van der Waals surface area contributed by atoms with Crippen molar-refractivity contribution in [2.24, 2.45) is 0 Å². The number of ether oxygens (including phenoxy) is 2. The first-order chi connectivity index (χ1) is 17.3. The third-order valence-electron chi connectivity index (χ3n) is 6.18. The Labute approximate surface area is 206 Å². The van der Waals surface area contributed by atoms with Crippen molar-refractivity contribution in [3.05, 3.63) is 87.4 Å². The molecule has 5 rings (SSSR count). The molecule has 0 saturated carbocycles. The van der Waals surface area contributed by atoms with Crippen LogP contribution in [0.5, 0.6) is 11.5 Å². The van der Waals surface area contributed by atoms with Crippen LogP contribution in [-0.4, -0.2) is 33.6 Å². The number of methoxy groups -OCH3 is 2. The summed E-state index contributed by atoms with van der Waals surface area (Å²) in [5, 5.41) is 5.47. The Bertz CT molecular complexity index is 1660. The molecule has 3 heterocycles. The Hall–Kier alpha value is -4.40. The van der Waals surface area contributed by atoms with Crippen molar-refractivity contribution in [3.8, 4) is 28.6 Å². The van der Waals surface area contributed by atoms with E-state index in [0.29, 0.717) is 45.7 Å². The number of aromatic nitrogens is 4. The number of hydrogen-bond acceptors (Lipinski definition) is 6. The van der Waals surface area contributed by atoms with Crippen LogP contribution in [0, 0.1) is 26.6 Å². The molecule has 0 aliphatic heterocycles. The smallest absolute Gasteiger partial charge is 0.252 e. The topological polar surface area (TPSA) is 84.3 Å². The Kier molecular flexibility index (Phi) is 5.83. The first kappa shape index (κ1) is 23.3. The standard InChI is InChI=1S/C27H25FN4O4/c1-15-11-24(33)31(27-25(15)16(2)30-32(27)19-8-6-7-18(28)12-19)14-22-17(3)36-26(29-22)21-10-9-20(34-4)13-23(21)35-5/h6-13H,14H2,1-5H3. The van der Waals surface area contributed by atoms with Gasteiger partial charge in [-0.3, -0.25) is 9.36 Å². The zero-order chi connectivity index (χ0) is 25.6. The fraction of sp³-hybridized carbons (Fsp3) is 0.222. The van der Waals surface area contributed by atoms with Crippen LogP contribution in [0.4, 0.5) is 4.39 Å². The van der Waals surface area contributed by atoms with Crippen molar-refractivity contribution >= 4 is 11.0 Å². The maximum absolute atomic E-state index is 14.0. The second-order valence-electron chi connectivity index (χ2n) is 8.52. The lowest BCUT2D eigenvalue weighted by Crippen LogP contribution is -2.23. The lowest BCUT2D eigenvalue weighted by molar-refractivity contribution is 0.394. The van der Waals surface area contributed by atoms with Crippen molar-refractivity contribution in [2.45, 2.75) is 27.3 Å². The second-order valence-corrected chi connectivity index (χ2v) is 8.52. The molecule has 0 fully saturated rings. The van der Waals surface area contributed by atoms with Gasteiger partial charge in [0.05, 0.1) is 37.7 Å². The number of aryl methyl sites for hydroxylation is 3. The first-order valence-corrected chi connectivity index (χ1v) is 11.3. The summed E-state index contributed by atoms with van der Waals surface area (Å²) >= 11 is 0. The highest BCUT2D eigenvalue weighted by molar-refractivity contribution is 5.83. The third kappa shape index (κ3) is 3.92. The molecule has 0 aliphatic rings. The summed E-state index contributed by atoms with van der Waals surface area (Å²) in [6, 6.07) is 13.1. The van der Waals surface area contributed by atoms with Gasteiger partial charge in [-0.05, 0) is 56.7 Å². The molecule has 8 nitrogen and oxygen atoms in total. The van der Waals surface area contributed by atoms with Crippen molar-refractivity contribution in [1.29, 1.82) is 0 Å². The van der Waals surface area contributed by atoms with E-state index in [4.69, 9.17) is 18.9 Å². The Morgan fingerprint density at radius 3 is 2.56 bits per heavy atom. The maximum Gasteiger partial charge on any atom is 0.252 e. The highest BCUT2D eigenvalue weighted by atomic mass is 19.1. The van der Waals surface area contributed by atoms with E-state index in [2.05, 4.69) is 5.10 Å². The Morgan fingerprint density at radius 2 is 1.83 bits per heavy atom. The SMILES string of the molecule is COc1ccc(-c2nc(Cn3c(=O)cc(C)c4c(C)nn(-c5cccc(F)c5)c43)c(C)o2)c(OC)c1. The van der Waals surface area contributed by atoms with Gasteiger partial charge in [0.2, 0.25) is 5.89 Å². The molecule has 0 radical (unpaired) electrons. The third-order valence-corrected chi connectivity index (χ3v) is 6.18. The van der Waals surface area contributed by atoms with Crippen LogP contribution in [0.1, 0.15) is 22.7 Å². The normalized spacial score (nSPS) is 11.3. The van der Waals surface area contributed by atoms with Gasteiger partial charge >= 0.3 is 0 Å². The summed E-state index contributed by atoms with van der Waals surface area (Å²) in [7, 11) is 3.14. The molecule has 9 heteroatoms. The number of hydrogen-bond donors (Lipinski definition) is 0. The van der Waals surface area contributed by atoms with Crippen LogP contribution in [0.3, 0.4) is 0 Å². The predicted molar refractivity (Wildman–Crippen MR) is 134 cm³/mol. The maximum atomic E-state index is 14.0. The minimum absolute atomic E-state index is 0.143. The monoisotopic (exact) mass is 488 g/mol. The van der Waals surface area contributed by atoms with Crippen LogP contribution in [0.15, 0.2) is 57.7 Å². The number of nitrogens with zero attached hydrogens (tertiary/aromatic N) is 4. The van der Waals surface area contributed by atoms with Crippen LogP contribution in [0.2, 0.25) is 0 Å². The van der Waals surface area contributed by atoms with E-state index >= 15 is 0 Å². The van der Waals surface area contributed by atoms with Gasteiger partial charge in [-0.15, -0.1) is 0 Å². The fourth-order valence-corrected chi connectivity index (χ4v) is 4.42. The lowest BCUT2D eigenvalue weighted by Gasteiger charge is -2.11. The molecule has 0 saturated heterocycles. The molecular weight excluding hydrogens is 463 g/mol. The van der Waals surface area contributed by atoms with Gasteiger partial charge in [0.25, 0.3) is 5.56 Å². The van der Waals surface area contributed by atoms with Crippen molar-refractivity contribution in [3.63, 3.8) is 0 Å². The average Bonchev–Trinajstić information content (AvgIpc) is 3.40. The summed E-state index contributed by atoms with van der Waals surface area (Å²) in [6.07, 6.45) is 0. The van der Waals surface area contributed by atoms with E-state index in [1.165, 1.54) is 12.1 Å². The van der Waals surface area contributed by atoms with Gasteiger partial charge in [0.15, 0.2) is 0 Å². The van der Waals surface area contributed by atoms with E-state index in [9.17, 15) is 9.18 Å². The van der Waals surface area contributed by atoms with E-state index in [0.717, 1.165) is 16.6 Å². The molecule has 2 aromatic carbocycles. The quantitative estimate of drug-likeness (QED) is 0.336. The highest BCUT2D eigenvalue weighted by Gasteiger charge is 2.21. The summed E-state index contributed by atoms with van der Waals surface area (Å²) in [5.74, 6) is 1.75. The number of oxazole rings is 1. The second kappa shape index (κ2) is 8.99. The van der Waals surface area contributed by atoms with E-state index in [-0.39, 0.29) is 17.9 Å². The van der Waals surface area contributed by atoms with Crippen molar-refractivity contribution in [2.75, 3.05) is 14.2 Å². The van der Waals surface area contributed by atoms with Gasteiger partial charge in [0, 0.05) is 17.5 Å². The zero-order valence-electron chi connectivity index (χ0n) is 20.6. The van der Waals surface area contributed by atoms with Gasteiger partial charge in [-0.1, -0.05) is 6.07 Å². The molecule has 0 atom stereocenters. The Balaban J connectivity index is 1.66. The van der Waals surface area contributed by atoms with Crippen molar-refractivity contribution < 1.29 is 18.3 Å². The minimum atomic E-state index is -0.388. The molecule has 184 valence electrons. The van der Waals surface area contributed by atoms with Crippen LogP contribution >= 0.6 is 0 Å². The molecule has 0 unspecified atom stereocenters. The molecule has 0 amide bonds. The molecule has 3 aromatic heterocycles. The number of pyridine rings is 1. The molecule has 0 aliphatic carbocycles. The predicted octanol–water partition coefficient (Wildman–Crippen LogP) is 4.97. The van der Waals surface area contributed by atoms with Crippen LogP contribution in [-0.2, 0) is 6.54 Å². The molecular formula is C27H25FN4O4. The summed E-state index contributed by atoms with van der Waals surface area (Å²) in [5.41, 5.74) is 3.65. The molecule has 0 bridgehead atoms. The summed E-state index contributed by atoms with van der Waals surface area (Å²) in [4.78, 5) is 17.9. The lowest BCUT2D eigenvalue weighted by atomic mass is 10.1. The van der Waals surface area contributed by atoms with Gasteiger partial charge < -0.3 is 13.9 Å². The minimum Gasteiger partial charge on any atom is -0.497 e. The molecule has 0 N–H and O–H groups in total. The molecule has 5 aromatic rings. The zero-order valence-corrected chi connectivity index (χ0v) is 20.6. The van der Waals surface area contributed by atoms with Crippen LogP contribution in [0.25, 0.3) is 28.2 Å². The number of benzene rings is 2. The largest absolute Gasteiger partial charge is 0.497 e. The molecule has 0 spiro atoms. The van der Waals surface area contributed by atoms with Gasteiger partial charge in [-0.25, -0.2) is 14.1 Å².